The van der Waals surface area contributed by atoms with Gasteiger partial charge in [0.2, 0.25) is 5.91 Å². The molecule has 1 N–H and O–H groups in total. The van der Waals surface area contributed by atoms with Crippen molar-refractivity contribution < 1.29 is 4.79 Å². The SMILES string of the molecule is O=C(Cn1cncn1)Nc1nc2c(s1)CN(Cc1ccccc1)CC2. The Kier molecular flexibility index (Phi) is 4.53. The highest BCUT2D eigenvalue weighted by atomic mass is 32.1. The molecule has 0 unspecified atom stereocenters. The molecule has 0 spiro atoms. The number of anilines is 1. The maximum absolute atomic E-state index is 12.1. The van der Waals surface area contributed by atoms with Crippen LogP contribution in [0.2, 0.25) is 0 Å². The van der Waals surface area contributed by atoms with Crippen molar-refractivity contribution in [2.24, 2.45) is 0 Å². The summed E-state index contributed by atoms with van der Waals surface area (Å²) in [6.07, 6.45) is 3.85. The third-order valence-electron chi connectivity index (χ3n) is 4.08. The lowest BCUT2D eigenvalue weighted by Crippen LogP contribution is -2.29. The number of rotatable bonds is 5. The van der Waals surface area contributed by atoms with E-state index in [1.54, 1.807) is 11.3 Å². The van der Waals surface area contributed by atoms with Gasteiger partial charge in [-0.25, -0.2) is 14.6 Å². The summed E-state index contributed by atoms with van der Waals surface area (Å²) >= 11 is 1.56. The lowest BCUT2D eigenvalue weighted by atomic mass is 10.1. The molecule has 0 saturated heterocycles. The molecule has 25 heavy (non-hydrogen) atoms. The van der Waals surface area contributed by atoms with Gasteiger partial charge in [0.15, 0.2) is 5.13 Å². The zero-order chi connectivity index (χ0) is 17.1. The molecule has 7 nitrogen and oxygen atoms in total. The predicted octanol–water partition coefficient (Wildman–Crippen LogP) is 1.93. The van der Waals surface area contributed by atoms with Crippen molar-refractivity contribution in [3.63, 3.8) is 0 Å². The van der Waals surface area contributed by atoms with E-state index in [-0.39, 0.29) is 12.5 Å². The Morgan fingerprint density at radius 1 is 1.28 bits per heavy atom. The quantitative estimate of drug-likeness (QED) is 0.758. The Morgan fingerprint density at radius 3 is 2.96 bits per heavy atom. The number of hydrogen-bond donors (Lipinski definition) is 1. The van der Waals surface area contributed by atoms with Crippen LogP contribution in [0.25, 0.3) is 0 Å². The fraction of sp³-hybridized carbons (Fsp3) is 0.294. The molecule has 1 amide bonds. The molecule has 1 aliphatic heterocycles. The largest absolute Gasteiger partial charge is 0.300 e. The monoisotopic (exact) mass is 354 g/mol. The predicted molar refractivity (Wildman–Crippen MR) is 95.0 cm³/mol. The van der Waals surface area contributed by atoms with Crippen molar-refractivity contribution in [1.82, 2.24) is 24.6 Å². The Bertz CT molecular complexity index is 845. The van der Waals surface area contributed by atoms with E-state index in [0.717, 1.165) is 31.7 Å². The van der Waals surface area contributed by atoms with Gasteiger partial charge in [0.1, 0.15) is 19.2 Å². The number of aromatic nitrogens is 4. The number of thiazole rings is 1. The molecule has 0 aliphatic carbocycles. The smallest absolute Gasteiger partial charge is 0.247 e. The first-order chi connectivity index (χ1) is 12.3. The highest BCUT2D eigenvalue weighted by Gasteiger charge is 2.21. The van der Waals surface area contributed by atoms with Crippen molar-refractivity contribution in [2.45, 2.75) is 26.1 Å². The molecule has 3 aromatic rings. The van der Waals surface area contributed by atoms with Gasteiger partial charge < -0.3 is 5.32 Å². The normalized spacial score (nSPS) is 14.2. The summed E-state index contributed by atoms with van der Waals surface area (Å²) in [5, 5.41) is 7.46. The van der Waals surface area contributed by atoms with Gasteiger partial charge in [0.25, 0.3) is 0 Å². The summed E-state index contributed by atoms with van der Waals surface area (Å²) in [7, 11) is 0. The summed E-state index contributed by atoms with van der Waals surface area (Å²) < 4.78 is 1.49. The van der Waals surface area contributed by atoms with Crippen molar-refractivity contribution in [1.29, 1.82) is 0 Å². The van der Waals surface area contributed by atoms with E-state index in [4.69, 9.17) is 0 Å². The number of carbonyl (C=O) groups is 1. The molecule has 128 valence electrons. The molecule has 0 fully saturated rings. The van der Waals surface area contributed by atoms with Gasteiger partial charge >= 0.3 is 0 Å². The summed E-state index contributed by atoms with van der Waals surface area (Å²) in [5.74, 6) is -0.141. The van der Waals surface area contributed by atoms with Crippen LogP contribution in [0.1, 0.15) is 16.1 Å². The number of carbonyl (C=O) groups excluding carboxylic acids is 1. The minimum atomic E-state index is -0.141. The average Bonchev–Trinajstić information content (AvgIpc) is 3.24. The van der Waals surface area contributed by atoms with Crippen molar-refractivity contribution >= 4 is 22.4 Å². The molecule has 0 atom stereocenters. The summed E-state index contributed by atoms with van der Waals surface area (Å²) in [5.41, 5.74) is 2.42. The van der Waals surface area contributed by atoms with Crippen LogP contribution in [0.15, 0.2) is 43.0 Å². The lowest BCUT2D eigenvalue weighted by Gasteiger charge is -2.25. The van der Waals surface area contributed by atoms with E-state index in [2.05, 4.69) is 49.5 Å². The Morgan fingerprint density at radius 2 is 2.16 bits per heavy atom. The fourth-order valence-corrected chi connectivity index (χ4v) is 3.97. The standard InChI is InChI=1S/C17H18N6OS/c24-16(10-23-12-18-11-19-23)21-17-20-14-6-7-22(9-15(14)25-17)8-13-4-2-1-3-5-13/h1-5,11-12H,6-10H2,(H,20,21,24). The molecular formula is C17H18N6OS. The number of benzene rings is 1. The molecule has 1 aromatic carbocycles. The molecule has 0 radical (unpaired) electrons. The van der Waals surface area contributed by atoms with E-state index >= 15 is 0 Å². The van der Waals surface area contributed by atoms with Crippen LogP contribution in [-0.2, 0) is 30.8 Å². The average molecular weight is 354 g/mol. The number of amides is 1. The molecular weight excluding hydrogens is 336 g/mol. The minimum Gasteiger partial charge on any atom is -0.300 e. The second-order valence-electron chi connectivity index (χ2n) is 5.98. The molecule has 1 aliphatic rings. The first-order valence-electron chi connectivity index (χ1n) is 8.13. The van der Waals surface area contributed by atoms with Crippen LogP contribution in [0.3, 0.4) is 0 Å². The minimum absolute atomic E-state index is 0.141. The van der Waals surface area contributed by atoms with Gasteiger partial charge in [0, 0.05) is 30.9 Å². The van der Waals surface area contributed by atoms with Gasteiger partial charge in [-0.2, -0.15) is 5.10 Å². The fourth-order valence-electron chi connectivity index (χ4n) is 2.90. The Balaban J connectivity index is 1.38. The van der Waals surface area contributed by atoms with Crippen molar-refractivity contribution in [3.05, 3.63) is 59.1 Å². The van der Waals surface area contributed by atoms with Gasteiger partial charge in [-0.05, 0) is 5.56 Å². The van der Waals surface area contributed by atoms with E-state index in [9.17, 15) is 4.79 Å². The second-order valence-corrected chi connectivity index (χ2v) is 7.06. The number of fused-ring (bicyclic) bond motifs is 1. The van der Waals surface area contributed by atoms with Crippen LogP contribution >= 0.6 is 11.3 Å². The zero-order valence-corrected chi connectivity index (χ0v) is 14.4. The van der Waals surface area contributed by atoms with Gasteiger partial charge in [-0.15, -0.1) is 11.3 Å². The van der Waals surface area contributed by atoms with Gasteiger partial charge in [-0.3, -0.25) is 9.69 Å². The second kappa shape index (κ2) is 7.12. The van der Waals surface area contributed by atoms with Crippen LogP contribution in [0, 0.1) is 0 Å². The van der Waals surface area contributed by atoms with E-state index in [1.165, 1.54) is 27.8 Å². The van der Waals surface area contributed by atoms with Crippen LogP contribution in [0.4, 0.5) is 5.13 Å². The van der Waals surface area contributed by atoms with Crippen LogP contribution < -0.4 is 5.32 Å². The van der Waals surface area contributed by atoms with E-state index < -0.39 is 0 Å². The molecule has 8 heteroatoms. The number of nitrogens with one attached hydrogen (secondary N) is 1. The van der Waals surface area contributed by atoms with Crippen LogP contribution in [-0.4, -0.2) is 37.1 Å². The lowest BCUT2D eigenvalue weighted by molar-refractivity contribution is -0.116. The molecule has 2 aromatic heterocycles. The molecule has 3 heterocycles. The summed E-state index contributed by atoms with van der Waals surface area (Å²) in [4.78, 5) is 24.1. The molecule has 4 rings (SSSR count). The zero-order valence-electron chi connectivity index (χ0n) is 13.6. The van der Waals surface area contributed by atoms with Gasteiger partial charge in [0.05, 0.1) is 5.69 Å². The van der Waals surface area contributed by atoms with E-state index in [1.807, 2.05) is 6.07 Å². The topological polar surface area (TPSA) is 75.9 Å². The van der Waals surface area contributed by atoms with Gasteiger partial charge in [-0.1, -0.05) is 30.3 Å². The molecule has 0 saturated carbocycles. The third-order valence-corrected chi connectivity index (χ3v) is 5.08. The first kappa shape index (κ1) is 15.9. The summed E-state index contributed by atoms with van der Waals surface area (Å²) in [6.45, 7) is 2.94. The van der Waals surface area contributed by atoms with Crippen molar-refractivity contribution in [2.75, 3.05) is 11.9 Å². The number of hydrogen-bond acceptors (Lipinski definition) is 6. The maximum Gasteiger partial charge on any atom is 0.247 e. The summed E-state index contributed by atoms with van der Waals surface area (Å²) in [6, 6.07) is 10.5. The first-order valence-corrected chi connectivity index (χ1v) is 8.95. The number of nitrogens with zero attached hydrogens (tertiary/aromatic N) is 5. The Hall–Kier alpha value is -2.58. The maximum atomic E-state index is 12.1. The highest BCUT2D eigenvalue weighted by Crippen LogP contribution is 2.29. The van der Waals surface area contributed by atoms with Crippen molar-refractivity contribution in [3.8, 4) is 0 Å². The highest BCUT2D eigenvalue weighted by molar-refractivity contribution is 7.15. The van der Waals surface area contributed by atoms with E-state index in [0.29, 0.717) is 5.13 Å². The van der Waals surface area contributed by atoms with Crippen LogP contribution in [0.5, 0.6) is 0 Å². The molecule has 0 bridgehead atoms. The Labute approximate surface area is 149 Å². The third kappa shape index (κ3) is 3.92.